The van der Waals surface area contributed by atoms with Gasteiger partial charge in [-0.1, -0.05) is 30.1 Å². The molecule has 0 unspecified atom stereocenters. The van der Waals surface area contributed by atoms with Gasteiger partial charge in [0.25, 0.3) is 5.91 Å². The highest BCUT2D eigenvalue weighted by atomic mass is 35.5. The van der Waals surface area contributed by atoms with E-state index in [0.29, 0.717) is 28.4 Å². The highest BCUT2D eigenvalue weighted by molar-refractivity contribution is 6.37. The molecular formula is C16H14Cl2N2O2. The minimum atomic E-state index is -0.327. The fourth-order valence-electron chi connectivity index (χ4n) is 1.76. The van der Waals surface area contributed by atoms with Gasteiger partial charge < -0.3 is 10.6 Å². The van der Waals surface area contributed by atoms with Crippen molar-refractivity contribution >= 4 is 46.4 Å². The number of benzene rings is 2. The number of halogens is 2. The molecule has 4 nitrogen and oxygen atoms in total. The Kier molecular flexibility index (Phi) is 5.41. The summed E-state index contributed by atoms with van der Waals surface area (Å²) in [7, 11) is 0. The molecule has 0 aliphatic rings. The molecule has 0 spiro atoms. The van der Waals surface area contributed by atoms with E-state index in [-0.39, 0.29) is 16.8 Å². The fourth-order valence-corrected chi connectivity index (χ4v) is 2.25. The standard InChI is InChI=1S/C16H14Cl2N2O2/c1-2-15(21)19-11-4-6-12(7-5-11)20-16(22)13-8-3-10(17)9-14(13)18/h3-9H,2H2,1H3,(H,19,21)(H,20,22). The summed E-state index contributed by atoms with van der Waals surface area (Å²) >= 11 is 11.8. The van der Waals surface area contributed by atoms with Crippen molar-refractivity contribution in [2.24, 2.45) is 0 Å². The van der Waals surface area contributed by atoms with Crippen LogP contribution in [0.5, 0.6) is 0 Å². The lowest BCUT2D eigenvalue weighted by Crippen LogP contribution is -2.13. The van der Waals surface area contributed by atoms with Gasteiger partial charge in [-0.15, -0.1) is 0 Å². The molecule has 2 aromatic carbocycles. The Morgan fingerprint density at radius 1 is 0.955 bits per heavy atom. The van der Waals surface area contributed by atoms with Crippen molar-refractivity contribution in [1.29, 1.82) is 0 Å². The van der Waals surface area contributed by atoms with Crippen molar-refractivity contribution < 1.29 is 9.59 Å². The number of amides is 2. The number of anilines is 2. The number of carbonyl (C=O) groups is 2. The third kappa shape index (κ3) is 4.23. The van der Waals surface area contributed by atoms with Crippen LogP contribution in [-0.2, 0) is 4.79 Å². The van der Waals surface area contributed by atoms with Crippen LogP contribution in [0.15, 0.2) is 42.5 Å². The molecule has 0 aliphatic heterocycles. The first kappa shape index (κ1) is 16.3. The Labute approximate surface area is 138 Å². The van der Waals surface area contributed by atoms with E-state index in [0.717, 1.165) is 0 Å². The summed E-state index contributed by atoms with van der Waals surface area (Å²) < 4.78 is 0. The zero-order valence-corrected chi connectivity index (χ0v) is 13.3. The third-order valence-electron chi connectivity index (χ3n) is 2.92. The molecule has 22 heavy (non-hydrogen) atoms. The molecule has 0 aromatic heterocycles. The number of nitrogens with one attached hydrogen (secondary N) is 2. The predicted molar refractivity (Wildman–Crippen MR) is 89.8 cm³/mol. The molecule has 2 aromatic rings. The SMILES string of the molecule is CCC(=O)Nc1ccc(NC(=O)c2ccc(Cl)cc2Cl)cc1. The summed E-state index contributed by atoms with van der Waals surface area (Å²) in [6, 6.07) is 11.5. The Morgan fingerprint density at radius 3 is 2.09 bits per heavy atom. The Hall–Kier alpha value is -2.04. The monoisotopic (exact) mass is 336 g/mol. The quantitative estimate of drug-likeness (QED) is 0.857. The lowest BCUT2D eigenvalue weighted by molar-refractivity contribution is -0.115. The van der Waals surface area contributed by atoms with Crippen molar-refractivity contribution in [2.75, 3.05) is 10.6 Å². The predicted octanol–water partition coefficient (Wildman–Crippen LogP) is 4.59. The summed E-state index contributed by atoms with van der Waals surface area (Å²) in [5.41, 5.74) is 1.62. The number of hydrogen-bond donors (Lipinski definition) is 2. The minimum absolute atomic E-state index is 0.0651. The van der Waals surface area contributed by atoms with E-state index in [1.165, 1.54) is 6.07 Å². The maximum absolute atomic E-state index is 12.1. The van der Waals surface area contributed by atoms with Crippen LogP contribution in [0, 0.1) is 0 Å². The van der Waals surface area contributed by atoms with Crippen LogP contribution in [0.2, 0.25) is 10.0 Å². The van der Waals surface area contributed by atoms with Gasteiger partial charge in [-0.25, -0.2) is 0 Å². The van der Waals surface area contributed by atoms with Gasteiger partial charge in [-0.2, -0.15) is 0 Å². The van der Waals surface area contributed by atoms with E-state index >= 15 is 0 Å². The summed E-state index contributed by atoms with van der Waals surface area (Å²) in [6.45, 7) is 1.78. The van der Waals surface area contributed by atoms with E-state index in [1.807, 2.05) is 0 Å². The third-order valence-corrected chi connectivity index (χ3v) is 3.47. The smallest absolute Gasteiger partial charge is 0.257 e. The molecule has 2 amide bonds. The first-order valence-electron chi connectivity index (χ1n) is 6.66. The lowest BCUT2D eigenvalue weighted by atomic mass is 10.2. The topological polar surface area (TPSA) is 58.2 Å². The molecule has 0 saturated carbocycles. The van der Waals surface area contributed by atoms with Gasteiger partial charge in [0.05, 0.1) is 10.6 Å². The molecule has 2 rings (SSSR count). The summed E-state index contributed by atoms with van der Waals surface area (Å²) in [5.74, 6) is -0.392. The maximum Gasteiger partial charge on any atom is 0.257 e. The second kappa shape index (κ2) is 7.29. The van der Waals surface area contributed by atoms with E-state index in [4.69, 9.17) is 23.2 Å². The van der Waals surface area contributed by atoms with Crippen LogP contribution in [0.25, 0.3) is 0 Å². The van der Waals surface area contributed by atoms with Gasteiger partial charge in [0, 0.05) is 22.8 Å². The molecule has 0 saturated heterocycles. The summed E-state index contributed by atoms with van der Waals surface area (Å²) in [6.07, 6.45) is 0.410. The van der Waals surface area contributed by atoms with E-state index in [2.05, 4.69) is 10.6 Å². The first-order chi connectivity index (χ1) is 10.5. The molecular weight excluding hydrogens is 323 g/mol. The van der Waals surface area contributed by atoms with Gasteiger partial charge in [0.1, 0.15) is 0 Å². The zero-order valence-electron chi connectivity index (χ0n) is 11.8. The van der Waals surface area contributed by atoms with Crippen LogP contribution >= 0.6 is 23.2 Å². The van der Waals surface area contributed by atoms with Crippen LogP contribution in [0.3, 0.4) is 0 Å². The first-order valence-corrected chi connectivity index (χ1v) is 7.41. The Balaban J connectivity index is 2.07. The van der Waals surface area contributed by atoms with Gasteiger partial charge >= 0.3 is 0 Å². The van der Waals surface area contributed by atoms with Crippen molar-refractivity contribution in [3.05, 3.63) is 58.1 Å². The molecule has 0 fully saturated rings. The largest absolute Gasteiger partial charge is 0.326 e. The number of rotatable bonds is 4. The minimum Gasteiger partial charge on any atom is -0.326 e. The van der Waals surface area contributed by atoms with Crippen LogP contribution in [0.1, 0.15) is 23.7 Å². The van der Waals surface area contributed by atoms with Crippen LogP contribution in [-0.4, -0.2) is 11.8 Å². The Bertz CT molecular complexity index is 700. The zero-order chi connectivity index (χ0) is 16.1. The summed E-state index contributed by atoms with van der Waals surface area (Å²) in [4.78, 5) is 23.4. The second-order valence-electron chi connectivity index (χ2n) is 4.56. The highest BCUT2D eigenvalue weighted by Gasteiger charge is 2.11. The number of hydrogen-bond acceptors (Lipinski definition) is 2. The second-order valence-corrected chi connectivity index (χ2v) is 5.40. The van der Waals surface area contributed by atoms with Gasteiger partial charge in [-0.05, 0) is 42.5 Å². The highest BCUT2D eigenvalue weighted by Crippen LogP contribution is 2.22. The molecule has 2 N–H and O–H groups in total. The van der Waals surface area contributed by atoms with E-state index < -0.39 is 0 Å². The van der Waals surface area contributed by atoms with E-state index in [1.54, 1.807) is 43.3 Å². The Morgan fingerprint density at radius 2 is 1.55 bits per heavy atom. The molecule has 0 radical (unpaired) electrons. The van der Waals surface area contributed by atoms with E-state index in [9.17, 15) is 9.59 Å². The van der Waals surface area contributed by atoms with Crippen molar-refractivity contribution in [1.82, 2.24) is 0 Å². The molecule has 0 aliphatic carbocycles. The molecule has 114 valence electrons. The van der Waals surface area contributed by atoms with Gasteiger partial charge in [-0.3, -0.25) is 9.59 Å². The molecule has 0 atom stereocenters. The molecule has 0 bridgehead atoms. The normalized spacial score (nSPS) is 10.1. The maximum atomic E-state index is 12.1. The van der Waals surface area contributed by atoms with Crippen molar-refractivity contribution in [3.63, 3.8) is 0 Å². The molecule has 0 heterocycles. The molecule has 6 heteroatoms. The van der Waals surface area contributed by atoms with Gasteiger partial charge in [0.2, 0.25) is 5.91 Å². The fraction of sp³-hybridized carbons (Fsp3) is 0.125. The lowest BCUT2D eigenvalue weighted by Gasteiger charge is -2.08. The average Bonchev–Trinajstić information content (AvgIpc) is 2.49. The van der Waals surface area contributed by atoms with Crippen LogP contribution < -0.4 is 10.6 Å². The summed E-state index contributed by atoms with van der Waals surface area (Å²) in [5, 5.41) is 6.22. The van der Waals surface area contributed by atoms with Crippen LogP contribution in [0.4, 0.5) is 11.4 Å². The van der Waals surface area contributed by atoms with Gasteiger partial charge in [0.15, 0.2) is 0 Å². The van der Waals surface area contributed by atoms with Crippen molar-refractivity contribution in [3.8, 4) is 0 Å². The van der Waals surface area contributed by atoms with Crippen molar-refractivity contribution in [2.45, 2.75) is 13.3 Å². The average molecular weight is 337 g/mol. The number of carbonyl (C=O) groups excluding carboxylic acids is 2.